The molecule has 0 fully saturated rings. The highest BCUT2D eigenvalue weighted by Gasteiger charge is 2.30. The molecule has 0 atom stereocenters. The first-order valence-electron chi connectivity index (χ1n) is 12.6. The van der Waals surface area contributed by atoms with Gasteiger partial charge in [-0.15, -0.1) is 5.10 Å². The number of hydrogen-bond acceptors (Lipinski definition) is 10. The summed E-state index contributed by atoms with van der Waals surface area (Å²) in [5.41, 5.74) is 0.759. The Hall–Kier alpha value is -3.23. The van der Waals surface area contributed by atoms with E-state index in [0.717, 1.165) is 22.5 Å². The Bertz CT molecular complexity index is 1490. The van der Waals surface area contributed by atoms with E-state index in [-0.39, 0.29) is 30.0 Å². The predicted octanol–water partition coefficient (Wildman–Crippen LogP) is 4.14. The Morgan fingerprint density at radius 3 is 2.42 bits per heavy atom. The molecule has 3 aromatic rings. The smallest absolute Gasteiger partial charge is 0.314 e. The van der Waals surface area contributed by atoms with Crippen LogP contribution >= 0.6 is 0 Å². The molecule has 0 amide bonds. The van der Waals surface area contributed by atoms with E-state index in [9.17, 15) is 13.2 Å². The minimum Gasteiger partial charge on any atom is -0.476 e. The van der Waals surface area contributed by atoms with Gasteiger partial charge >= 0.3 is 5.97 Å². The summed E-state index contributed by atoms with van der Waals surface area (Å²) in [4.78, 5) is 24.4. The maximum atomic E-state index is 15.3. The minimum atomic E-state index is -3.76. The van der Waals surface area contributed by atoms with E-state index in [1.165, 1.54) is 25.6 Å². The number of rotatable bonds is 12. The van der Waals surface area contributed by atoms with E-state index < -0.39 is 35.1 Å². The van der Waals surface area contributed by atoms with Crippen LogP contribution < -0.4 is 4.74 Å². The molecule has 0 aliphatic heterocycles. The lowest BCUT2D eigenvalue weighted by molar-refractivity contribution is -0.152. The van der Waals surface area contributed by atoms with Crippen molar-refractivity contribution in [2.24, 2.45) is 5.41 Å². The zero-order valence-corrected chi connectivity index (χ0v) is 25.9. The van der Waals surface area contributed by atoms with Gasteiger partial charge in [-0.25, -0.2) is 27.5 Å². The summed E-state index contributed by atoms with van der Waals surface area (Å²) in [6, 6.07) is 3.84. The summed E-state index contributed by atoms with van der Waals surface area (Å²) < 4.78 is 57.1. The van der Waals surface area contributed by atoms with Crippen LogP contribution in [-0.4, -0.2) is 73.8 Å². The summed E-state index contributed by atoms with van der Waals surface area (Å²) >= 11 is 0. The zero-order chi connectivity index (χ0) is 29.9. The van der Waals surface area contributed by atoms with Gasteiger partial charge in [0.1, 0.15) is 19.0 Å². The summed E-state index contributed by atoms with van der Waals surface area (Å²) in [6.45, 7) is 12.2. The van der Waals surface area contributed by atoms with Crippen molar-refractivity contribution in [2.45, 2.75) is 58.3 Å². The van der Waals surface area contributed by atoms with Gasteiger partial charge in [0.15, 0.2) is 5.82 Å². The molecule has 0 saturated carbocycles. The summed E-state index contributed by atoms with van der Waals surface area (Å²) in [7, 11) is -3.78. The number of halogens is 1. The van der Waals surface area contributed by atoms with Crippen molar-refractivity contribution in [3.63, 3.8) is 0 Å². The van der Waals surface area contributed by atoms with Crippen LogP contribution in [0.25, 0.3) is 22.6 Å². The molecule has 40 heavy (non-hydrogen) atoms. The lowest BCUT2D eigenvalue weighted by Crippen LogP contribution is -2.32. The third kappa shape index (κ3) is 7.92. The molecule has 3 rings (SSSR count). The van der Waals surface area contributed by atoms with E-state index in [0.29, 0.717) is 23.6 Å². The average Bonchev–Trinajstić information content (AvgIpc) is 3.29. The van der Waals surface area contributed by atoms with Gasteiger partial charge in [-0.3, -0.25) is 4.79 Å². The molecular weight excluding hydrogens is 557 g/mol. The van der Waals surface area contributed by atoms with Gasteiger partial charge in [0, 0.05) is 50.5 Å². The molecule has 0 spiro atoms. The normalized spacial score (nSPS) is 12.4. The molecule has 11 nitrogen and oxygen atoms in total. The quantitative estimate of drug-likeness (QED) is 0.171. The Morgan fingerprint density at radius 1 is 1.15 bits per heavy atom. The lowest BCUT2D eigenvalue weighted by Gasteiger charge is -2.21. The number of methoxy groups -OCH3 is 1. The number of carbonyl (C=O) groups is 1. The summed E-state index contributed by atoms with van der Waals surface area (Å²) in [5, 5.41) is 3.85. The largest absolute Gasteiger partial charge is 0.476 e. The fourth-order valence-electron chi connectivity index (χ4n) is 3.57. The molecule has 3 aromatic heterocycles. The molecule has 0 radical (unpaired) electrons. The van der Waals surface area contributed by atoms with E-state index in [1.807, 2.05) is 6.92 Å². The number of carbonyl (C=O) groups excluding carboxylic acids is 1. The van der Waals surface area contributed by atoms with Crippen LogP contribution in [0.3, 0.4) is 0 Å². The second-order valence-corrected chi connectivity index (χ2v) is 18.9. The monoisotopic (exact) mass is 593 g/mol. The van der Waals surface area contributed by atoms with E-state index in [1.54, 1.807) is 19.9 Å². The summed E-state index contributed by atoms with van der Waals surface area (Å²) in [6.07, 6.45) is 3.97. The number of pyridine rings is 2. The third-order valence-corrected chi connectivity index (χ3v) is 8.62. The zero-order valence-electron chi connectivity index (χ0n) is 24.1. The first-order valence-corrected chi connectivity index (χ1v) is 18.2. The molecular formula is C26H36FN5O6SSi. The van der Waals surface area contributed by atoms with Crippen LogP contribution in [0.2, 0.25) is 25.7 Å². The number of hydrogen-bond donors (Lipinski definition) is 0. The van der Waals surface area contributed by atoms with E-state index >= 15 is 4.39 Å². The SMILES string of the molecule is COC(=O)C(C)(C)COc1cc(C)c(-c2cnc(-c3nc(S(C)(=O)=O)n(COCC[Si](C)(C)C)n3)c(F)c2)cn1. The van der Waals surface area contributed by atoms with Crippen molar-refractivity contribution in [2.75, 3.05) is 26.6 Å². The molecule has 0 N–H and O–H groups in total. The van der Waals surface area contributed by atoms with Crippen LogP contribution in [0.15, 0.2) is 29.7 Å². The van der Waals surface area contributed by atoms with Crippen molar-refractivity contribution < 1.29 is 31.8 Å². The molecule has 218 valence electrons. The highest BCUT2D eigenvalue weighted by Crippen LogP contribution is 2.29. The first kappa shape index (κ1) is 31.3. The lowest BCUT2D eigenvalue weighted by atomic mass is 9.95. The molecule has 0 aliphatic carbocycles. The molecule has 0 saturated heterocycles. The number of aromatic nitrogens is 5. The van der Waals surface area contributed by atoms with Crippen molar-refractivity contribution in [3.8, 4) is 28.5 Å². The van der Waals surface area contributed by atoms with Crippen molar-refractivity contribution in [1.82, 2.24) is 24.7 Å². The fraction of sp³-hybridized carbons (Fsp3) is 0.500. The van der Waals surface area contributed by atoms with Crippen LogP contribution in [0.4, 0.5) is 4.39 Å². The van der Waals surface area contributed by atoms with Crippen LogP contribution in [-0.2, 0) is 30.8 Å². The van der Waals surface area contributed by atoms with Crippen LogP contribution in [0.1, 0.15) is 19.4 Å². The van der Waals surface area contributed by atoms with Gasteiger partial charge < -0.3 is 14.2 Å². The van der Waals surface area contributed by atoms with Gasteiger partial charge in [-0.1, -0.05) is 19.6 Å². The van der Waals surface area contributed by atoms with Crippen molar-refractivity contribution in [1.29, 1.82) is 0 Å². The molecule has 0 aliphatic rings. The standard InChI is InChI=1S/C26H36FN5O6SSi/c1-17-11-21(38-15-26(2,3)24(33)36-4)28-14-19(17)18-12-20(27)22(29-13-18)23-30-25(39(5,34)35)32(31-23)16-37-9-10-40(6,7)8/h11-14H,9-10,15-16H2,1-8H3. The highest BCUT2D eigenvalue weighted by molar-refractivity contribution is 7.90. The van der Waals surface area contributed by atoms with Crippen LogP contribution in [0, 0.1) is 18.2 Å². The van der Waals surface area contributed by atoms with Crippen molar-refractivity contribution >= 4 is 23.9 Å². The van der Waals surface area contributed by atoms with Gasteiger partial charge in [0.2, 0.25) is 26.7 Å². The van der Waals surface area contributed by atoms with E-state index in [4.69, 9.17) is 14.2 Å². The average molecular weight is 594 g/mol. The highest BCUT2D eigenvalue weighted by atomic mass is 32.2. The van der Waals surface area contributed by atoms with Gasteiger partial charge in [-0.2, -0.15) is 4.98 Å². The number of sulfone groups is 1. The molecule has 0 bridgehead atoms. The fourth-order valence-corrected chi connectivity index (χ4v) is 5.05. The topological polar surface area (TPSA) is 135 Å². The number of nitrogens with zero attached hydrogens (tertiary/aromatic N) is 5. The molecule has 14 heteroatoms. The molecule has 0 aromatic carbocycles. The Labute approximate surface area is 235 Å². The van der Waals surface area contributed by atoms with Gasteiger partial charge in [0.05, 0.1) is 12.5 Å². The Balaban J connectivity index is 1.82. The Kier molecular flexibility index (Phi) is 9.47. The summed E-state index contributed by atoms with van der Waals surface area (Å²) in [5.74, 6) is -0.989. The van der Waals surface area contributed by atoms with Gasteiger partial charge in [0.25, 0.3) is 0 Å². The predicted molar refractivity (Wildman–Crippen MR) is 150 cm³/mol. The van der Waals surface area contributed by atoms with Crippen LogP contribution in [0.5, 0.6) is 5.88 Å². The second-order valence-electron chi connectivity index (χ2n) is 11.4. The second kappa shape index (κ2) is 12.1. The number of ether oxygens (including phenoxy) is 3. The Morgan fingerprint density at radius 2 is 1.85 bits per heavy atom. The molecule has 0 unspecified atom stereocenters. The first-order chi connectivity index (χ1) is 18.5. The maximum Gasteiger partial charge on any atom is 0.314 e. The number of esters is 1. The van der Waals surface area contributed by atoms with E-state index in [2.05, 4.69) is 39.7 Å². The van der Waals surface area contributed by atoms with Gasteiger partial charge in [-0.05, 0) is 38.4 Å². The minimum absolute atomic E-state index is 0.0643. The van der Waals surface area contributed by atoms with Crippen molar-refractivity contribution in [3.05, 3.63) is 35.9 Å². The maximum absolute atomic E-state index is 15.3. The molecule has 3 heterocycles. The third-order valence-electron chi connectivity index (χ3n) is 5.95. The number of aryl methyl sites for hydroxylation is 1.